The molecule has 0 spiro atoms. The van der Waals surface area contributed by atoms with Gasteiger partial charge in [-0.15, -0.1) is 0 Å². The lowest BCUT2D eigenvalue weighted by Gasteiger charge is -2.19. The summed E-state index contributed by atoms with van der Waals surface area (Å²) in [6.45, 7) is 7.01. The third kappa shape index (κ3) is 4.52. The first kappa shape index (κ1) is 18.8. The van der Waals surface area contributed by atoms with Crippen LogP contribution in [0.2, 0.25) is 0 Å². The van der Waals surface area contributed by atoms with E-state index in [1.807, 2.05) is 6.92 Å². The SMILES string of the molecule is CCCc1c(NC(=O)OC(C)(C)C)cnn1-c1c(F)cc(F)cc1F. The van der Waals surface area contributed by atoms with Crippen molar-refractivity contribution in [1.29, 1.82) is 0 Å². The number of nitrogens with one attached hydrogen (secondary N) is 1. The molecule has 25 heavy (non-hydrogen) atoms. The molecule has 5 nitrogen and oxygen atoms in total. The minimum atomic E-state index is -1.08. The van der Waals surface area contributed by atoms with Gasteiger partial charge in [0.25, 0.3) is 0 Å². The molecule has 1 N–H and O–H groups in total. The third-order valence-corrected chi connectivity index (χ3v) is 3.18. The van der Waals surface area contributed by atoms with E-state index >= 15 is 0 Å². The van der Waals surface area contributed by atoms with Gasteiger partial charge in [-0.2, -0.15) is 5.10 Å². The van der Waals surface area contributed by atoms with Crippen LogP contribution in [0.3, 0.4) is 0 Å². The van der Waals surface area contributed by atoms with E-state index in [2.05, 4.69) is 10.4 Å². The minimum Gasteiger partial charge on any atom is -0.444 e. The predicted octanol–water partition coefficient (Wildman–Crippen LogP) is 4.59. The van der Waals surface area contributed by atoms with Crippen molar-refractivity contribution in [2.45, 2.75) is 46.1 Å². The van der Waals surface area contributed by atoms with Crippen LogP contribution in [0, 0.1) is 17.5 Å². The van der Waals surface area contributed by atoms with Crippen molar-refractivity contribution in [2.75, 3.05) is 5.32 Å². The average molecular weight is 355 g/mol. The van der Waals surface area contributed by atoms with E-state index in [9.17, 15) is 18.0 Å². The van der Waals surface area contributed by atoms with Gasteiger partial charge in [0.05, 0.1) is 17.6 Å². The Balaban J connectivity index is 2.42. The number of nitrogens with zero attached hydrogens (tertiary/aromatic N) is 2. The van der Waals surface area contributed by atoms with E-state index in [1.165, 1.54) is 6.20 Å². The molecule has 1 aromatic carbocycles. The van der Waals surface area contributed by atoms with Gasteiger partial charge in [0.15, 0.2) is 11.6 Å². The number of halogens is 3. The highest BCUT2D eigenvalue weighted by molar-refractivity contribution is 5.85. The molecule has 0 atom stereocenters. The number of benzene rings is 1. The number of ether oxygens (including phenoxy) is 1. The third-order valence-electron chi connectivity index (χ3n) is 3.18. The number of carbonyl (C=O) groups is 1. The van der Waals surface area contributed by atoms with Crippen LogP contribution in [0.1, 0.15) is 39.8 Å². The van der Waals surface area contributed by atoms with Crippen LogP contribution >= 0.6 is 0 Å². The first-order chi connectivity index (χ1) is 11.6. The summed E-state index contributed by atoms with van der Waals surface area (Å²) in [6.07, 6.45) is 1.60. The quantitative estimate of drug-likeness (QED) is 0.873. The Morgan fingerprint density at radius 1 is 1.24 bits per heavy atom. The predicted molar refractivity (Wildman–Crippen MR) is 87.3 cm³/mol. The van der Waals surface area contributed by atoms with Crippen molar-refractivity contribution >= 4 is 11.8 Å². The van der Waals surface area contributed by atoms with Crippen LogP contribution in [0.15, 0.2) is 18.3 Å². The molecule has 1 aromatic heterocycles. The van der Waals surface area contributed by atoms with Crippen LogP contribution in [0.25, 0.3) is 5.69 Å². The summed E-state index contributed by atoms with van der Waals surface area (Å²) in [5.41, 5.74) is -0.528. The van der Waals surface area contributed by atoms with Crippen molar-refractivity contribution < 1.29 is 22.7 Å². The van der Waals surface area contributed by atoms with Gasteiger partial charge in [-0.3, -0.25) is 5.32 Å². The van der Waals surface area contributed by atoms with Crippen molar-refractivity contribution in [3.8, 4) is 5.69 Å². The van der Waals surface area contributed by atoms with Gasteiger partial charge in [0.2, 0.25) is 0 Å². The lowest BCUT2D eigenvalue weighted by molar-refractivity contribution is 0.0635. The van der Waals surface area contributed by atoms with Crippen molar-refractivity contribution in [3.63, 3.8) is 0 Å². The monoisotopic (exact) mass is 355 g/mol. The van der Waals surface area contributed by atoms with Gasteiger partial charge in [-0.05, 0) is 27.2 Å². The first-order valence-electron chi connectivity index (χ1n) is 7.84. The van der Waals surface area contributed by atoms with Crippen molar-refractivity contribution in [3.05, 3.63) is 41.5 Å². The number of anilines is 1. The summed E-state index contributed by atoms with van der Waals surface area (Å²) in [7, 11) is 0. The number of hydrogen-bond acceptors (Lipinski definition) is 3. The zero-order valence-corrected chi connectivity index (χ0v) is 14.5. The topological polar surface area (TPSA) is 56.1 Å². The highest BCUT2D eigenvalue weighted by Gasteiger charge is 2.22. The van der Waals surface area contributed by atoms with Crippen LogP contribution < -0.4 is 5.32 Å². The van der Waals surface area contributed by atoms with Gasteiger partial charge in [-0.1, -0.05) is 13.3 Å². The second-order valence-corrected chi connectivity index (χ2v) is 6.51. The fourth-order valence-corrected chi connectivity index (χ4v) is 2.30. The zero-order chi connectivity index (χ0) is 18.8. The summed E-state index contributed by atoms with van der Waals surface area (Å²) in [5, 5.41) is 6.48. The number of rotatable bonds is 4. The minimum absolute atomic E-state index is 0.277. The molecule has 136 valence electrons. The molecule has 0 aliphatic heterocycles. The summed E-state index contributed by atoms with van der Waals surface area (Å²) in [5.74, 6) is -3.18. The normalized spacial score (nSPS) is 11.5. The summed E-state index contributed by atoms with van der Waals surface area (Å²) < 4.78 is 47.4. The Morgan fingerprint density at radius 2 is 1.84 bits per heavy atom. The van der Waals surface area contributed by atoms with Crippen molar-refractivity contribution in [1.82, 2.24) is 9.78 Å². The number of amides is 1. The van der Waals surface area contributed by atoms with E-state index in [4.69, 9.17) is 4.74 Å². The lowest BCUT2D eigenvalue weighted by atomic mass is 10.2. The van der Waals surface area contributed by atoms with Crippen LogP contribution in [0.4, 0.5) is 23.7 Å². The highest BCUT2D eigenvalue weighted by atomic mass is 19.1. The largest absolute Gasteiger partial charge is 0.444 e. The summed E-state index contributed by atoms with van der Waals surface area (Å²) in [6, 6.07) is 1.16. The molecule has 1 amide bonds. The molecule has 0 aliphatic rings. The van der Waals surface area contributed by atoms with Crippen molar-refractivity contribution in [2.24, 2.45) is 0 Å². The second kappa shape index (κ2) is 7.16. The van der Waals surface area contributed by atoms with Crippen LogP contribution in [-0.4, -0.2) is 21.5 Å². The maximum absolute atomic E-state index is 14.1. The van der Waals surface area contributed by atoms with E-state index in [0.29, 0.717) is 30.7 Å². The second-order valence-electron chi connectivity index (χ2n) is 6.51. The van der Waals surface area contributed by atoms with Gasteiger partial charge in [-0.25, -0.2) is 22.6 Å². The summed E-state index contributed by atoms with van der Waals surface area (Å²) in [4.78, 5) is 11.9. The molecule has 2 rings (SSSR count). The first-order valence-corrected chi connectivity index (χ1v) is 7.84. The molecule has 2 aromatic rings. The maximum Gasteiger partial charge on any atom is 0.412 e. The van der Waals surface area contributed by atoms with E-state index in [0.717, 1.165) is 4.68 Å². The summed E-state index contributed by atoms with van der Waals surface area (Å²) >= 11 is 0. The molecular weight excluding hydrogens is 335 g/mol. The Hall–Kier alpha value is -2.51. The molecule has 8 heteroatoms. The van der Waals surface area contributed by atoms with E-state index in [-0.39, 0.29) is 5.69 Å². The molecule has 0 radical (unpaired) electrons. The Kier molecular flexibility index (Phi) is 5.39. The molecule has 1 heterocycles. The fraction of sp³-hybridized carbons (Fsp3) is 0.412. The van der Waals surface area contributed by atoms with Gasteiger partial charge in [0, 0.05) is 12.1 Å². The number of aromatic nitrogens is 2. The smallest absolute Gasteiger partial charge is 0.412 e. The van der Waals surface area contributed by atoms with E-state index in [1.54, 1.807) is 20.8 Å². The average Bonchev–Trinajstić information content (AvgIpc) is 2.79. The standard InChI is InChI=1S/C17H20F3N3O2/c1-5-6-14-13(22-16(24)25-17(2,3)4)9-21-23(14)15-11(19)7-10(18)8-12(15)20/h7-9H,5-6H2,1-4H3,(H,22,24). The molecule has 0 saturated heterocycles. The number of hydrogen-bond donors (Lipinski definition) is 1. The van der Waals surface area contributed by atoms with Gasteiger partial charge < -0.3 is 4.74 Å². The fourth-order valence-electron chi connectivity index (χ4n) is 2.30. The Bertz CT molecular complexity index is 759. The lowest BCUT2D eigenvalue weighted by Crippen LogP contribution is -2.27. The molecule has 0 aliphatic carbocycles. The Labute approximate surface area is 143 Å². The molecule has 0 fully saturated rings. The zero-order valence-electron chi connectivity index (χ0n) is 14.5. The van der Waals surface area contributed by atoms with E-state index < -0.39 is 34.8 Å². The molecule has 0 unspecified atom stereocenters. The van der Waals surface area contributed by atoms with Gasteiger partial charge >= 0.3 is 6.09 Å². The molecule has 0 saturated carbocycles. The number of carbonyl (C=O) groups excluding carboxylic acids is 1. The highest BCUT2D eigenvalue weighted by Crippen LogP contribution is 2.26. The Morgan fingerprint density at radius 3 is 2.36 bits per heavy atom. The molecule has 0 bridgehead atoms. The van der Waals surface area contributed by atoms with Crippen LogP contribution in [-0.2, 0) is 11.2 Å². The van der Waals surface area contributed by atoms with Gasteiger partial charge in [0.1, 0.15) is 17.1 Å². The molecular formula is C17H20F3N3O2. The van der Waals surface area contributed by atoms with Crippen LogP contribution in [0.5, 0.6) is 0 Å². The maximum atomic E-state index is 14.1.